The van der Waals surface area contributed by atoms with Crippen LogP contribution in [0, 0.1) is 0 Å². The van der Waals surface area contributed by atoms with Gasteiger partial charge in [-0.25, -0.2) is 8.42 Å². The molecule has 1 heterocycles. The Morgan fingerprint density at radius 1 is 0.871 bits per heavy atom. The molecular formula is C25H24N2O3S. The fraction of sp³-hybridized carbons (Fsp3) is 0.160. The fourth-order valence-electron chi connectivity index (χ4n) is 3.74. The van der Waals surface area contributed by atoms with Crippen LogP contribution in [-0.4, -0.2) is 21.4 Å². The van der Waals surface area contributed by atoms with Crippen LogP contribution in [0.1, 0.15) is 36.5 Å². The summed E-state index contributed by atoms with van der Waals surface area (Å²) < 4.78 is 28.1. The lowest BCUT2D eigenvalue weighted by molar-refractivity contribution is -0.112. The monoisotopic (exact) mass is 432 g/mol. The smallest absolute Gasteiger partial charge is 0.270 e. The van der Waals surface area contributed by atoms with Gasteiger partial charge in [0, 0.05) is 23.9 Å². The number of hydrogen-bond acceptors (Lipinski definition) is 3. The highest BCUT2D eigenvalue weighted by molar-refractivity contribution is 7.97. The van der Waals surface area contributed by atoms with Crippen molar-refractivity contribution in [2.24, 2.45) is 0 Å². The van der Waals surface area contributed by atoms with E-state index in [2.05, 4.69) is 19.2 Å². The Morgan fingerprint density at radius 2 is 1.48 bits per heavy atom. The predicted octanol–water partition coefficient (Wildman–Crippen LogP) is 4.99. The standard InChI is InChI=1S/C25H24N2O3S/c1-17(2)18-13-15-20(16-14-18)26-25(28)24-23(19-9-5-4-6-10-19)21-11-7-8-12-22(21)27(3)31(24,29)30/h4-17H,1-3H3,(H,26,28). The van der Waals surface area contributed by atoms with Crippen molar-refractivity contribution in [2.75, 3.05) is 16.7 Å². The highest BCUT2D eigenvalue weighted by Crippen LogP contribution is 2.42. The van der Waals surface area contributed by atoms with E-state index in [-0.39, 0.29) is 4.91 Å². The lowest BCUT2D eigenvalue weighted by Crippen LogP contribution is -2.37. The van der Waals surface area contributed by atoms with E-state index in [1.165, 1.54) is 11.4 Å². The Bertz CT molecular complexity index is 1260. The average Bonchev–Trinajstić information content (AvgIpc) is 2.77. The molecule has 5 nitrogen and oxygen atoms in total. The molecule has 1 aliphatic heterocycles. The quantitative estimate of drug-likeness (QED) is 0.632. The molecule has 3 aromatic carbocycles. The molecule has 0 bridgehead atoms. The lowest BCUT2D eigenvalue weighted by Gasteiger charge is -2.30. The number of fused-ring (bicyclic) bond motifs is 1. The number of nitrogens with one attached hydrogen (secondary N) is 1. The lowest BCUT2D eigenvalue weighted by atomic mass is 9.95. The Labute approximate surface area is 183 Å². The number of carbonyl (C=O) groups is 1. The van der Waals surface area contributed by atoms with E-state index in [0.29, 0.717) is 34.0 Å². The van der Waals surface area contributed by atoms with Crippen molar-refractivity contribution in [3.63, 3.8) is 0 Å². The van der Waals surface area contributed by atoms with Crippen molar-refractivity contribution in [3.8, 4) is 0 Å². The van der Waals surface area contributed by atoms with Crippen LogP contribution in [0.2, 0.25) is 0 Å². The van der Waals surface area contributed by atoms with E-state index in [9.17, 15) is 13.2 Å². The van der Waals surface area contributed by atoms with E-state index in [4.69, 9.17) is 0 Å². The topological polar surface area (TPSA) is 66.5 Å². The molecule has 0 saturated heterocycles. The molecule has 0 radical (unpaired) electrons. The van der Waals surface area contributed by atoms with Crippen LogP contribution in [0.4, 0.5) is 11.4 Å². The normalized spacial score (nSPS) is 15.0. The predicted molar refractivity (Wildman–Crippen MR) is 125 cm³/mol. The molecule has 0 spiro atoms. The molecule has 4 rings (SSSR count). The summed E-state index contributed by atoms with van der Waals surface area (Å²) in [5.41, 5.74) is 4.01. The Morgan fingerprint density at radius 3 is 2.13 bits per heavy atom. The third-order valence-corrected chi connectivity index (χ3v) is 7.29. The van der Waals surface area contributed by atoms with Gasteiger partial charge < -0.3 is 5.32 Å². The van der Waals surface area contributed by atoms with Crippen molar-refractivity contribution in [1.82, 2.24) is 0 Å². The summed E-state index contributed by atoms with van der Waals surface area (Å²) in [5.74, 6) is -0.293. The summed E-state index contributed by atoms with van der Waals surface area (Å²) in [7, 11) is -2.58. The molecule has 1 N–H and O–H groups in total. The molecule has 1 amide bonds. The molecule has 0 aliphatic carbocycles. The van der Waals surface area contributed by atoms with Crippen LogP contribution in [-0.2, 0) is 14.8 Å². The first kappa shape index (κ1) is 20.9. The molecular weight excluding hydrogens is 408 g/mol. The minimum Gasteiger partial charge on any atom is -0.321 e. The number of hydrogen-bond donors (Lipinski definition) is 1. The van der Waals surface area contributed by atoms with Crippen molar-refractivity contribution in [2.45, 2.75) is 19.8 Å². The molecule has 0 fully saturated rings. The Kier molecular flexibility index (Phi) is 5.41. The first-order valence-corrected chi connectivity index (χ1v) is 11.5. The van der Waals surface area contributed by atoms with Gasteiger partial charge in [-0.1, -0.05) is 74.5 Å². The highest BCUT2D eigenvalue weighted by atomic mass is 32.2. The van der Waals surface area contributed by atoms with Crippen molar-refractivity contribution in [1.29, 1.82) is 0 Å². The number of benzene rings is 3. The maximum absolute atomic E-state index is 13.4. The van der Waals surface area contributed by atoms with Crippen LogP contribution in [0.3, 0.4) is 0 Å². The SMILES string of the molecule is CC(C)c1ccc(NC(=O)C2=C(c3ccccc3)c3ccccc3N(C)S2(=O)=O)cc1. The molecule has 0 atom stereocenters. The average molecular weight is 433 g/mol. The molecule has 0 unspecified atom stereocenters. The Hall–Kier alpha value is -3.38. The third-order valence-electron chi connectivity index (χ3n) is 5.46. The summed E-state index contributed by atoms with van der Waals surface area (Å²) >= 11 is 0. The van der Waals surface area contributed by atoms with Gasteiger partial charge in [0.1, 0.15) is 0 Å². The molecule has 0 saturated carbocycles. The summed E-state index contributed by atoms with van der Waals surface area (Å²) in [4.78, 5) is 13.1. The fourth-order valence-corrected chi connectivity index (χ4v) is 5.20. The van der Waals surface area contributed by atoms with Gasteiger partial charge in [0.2, 0.25) is 0 Å². The molecule has 3 aromatic rings. The molecule has 1 aliphatic rings. The highest BCUT2D eigenvalue weighted by Gasteiger charge is 2.39. The van der Waals surface area contributed by atoms with Gasteiger partial charge in [-0.3, -0.25) is 9.10 Å². The number of amides is 1. The largest absolute Gasteiger partial charge is 0.321 e. The second kappa shape index (κ2) is 8.04. The van der Waals surface area contributed by atoms with Crippen LogP contribution >= 0.6 is 0 Å². The first-order chi connectivity index (χ1) is 14.8. The molecule has 0 aromatic heterocycles. The molecule has 31 heavy (non-hydrogen) atoms. The Balaban J connectivity index is 1.88. The third kappa shape index (κ3) is 3.75. The van der Waals surface area contributed by atoms with Crippen LogP contribution in [0.5, 0.6) is 0 Å². The number of para-hydroxylation sites is 1. The zero-order valence-electron chi connectivity index (χ0n) is 17.7. The summed E-state index contributed by atoms with van der Waals surface area (Å²) in [6.07, 6.45) is 0. The summed E-state index contributed by atoms with van der Waals surface area (Å²) in [5, 5.41) is 2.78. The number of nitrogens with zero attached hydrogens (tertiary/aromatic N) is 1. The van der Waals surface area contributed by atoms with Gasteiger partial charge in [0.05, 0.1) is 5.69 Å². The minimum absolute atomic E-state index is 0.257. The van der Waals surface area contributed by atoms with Gasteiger partial charge in [-0.2, -0.15) is 0 Å². The zero-order chi connectivity index (χ0) is 22.2. The van der Waals surface area contributed by atoms with Crippen LogP contribution in [0.15, 0.2) is 83.8 Å². The van der Waals surface area contributed by atoms with Gasteiger partial charge in [-0.15, -0.1) is 0 Å². The number of sulfonamides is 1. The first-order valence-electron chi connectivity index (χ1n) is 10.1. The van der Waals surface area contributed by atoms with Gasteiger partial charge in [0.15, 0.2) is 4.91 Å². The zero-order valence-corrected chi connectivity index (χ0v) is 18.5. The maximum atomic E-state index is 13.4. The van der Waals surface area contributed by atoms with Crippen molar-refractivity contribution in [3.05, 3.63) is 100 Å². The number of anilines is 2. The number of carbonyl (C=O) groups excluding carboxylic acids is 1. The van der Waals surface area contributed by atoms with Gasteiger partial charge in [-0.05, 0) is 35.2 Å². The second-order valence-corrected chi connectivity index (χ2v) is 9.70. The maximum Gasteiger partial charge on any atom is 0.270 e. The van der Waals surface area contributed by atoms with Crippen molar-refractivity contribution >= 4 is 32.9 Å². The van der Waals surface area contributed by atoms with E-state index < -0.39 is 15.9 Å². The van der Waals surface area contributed by atoms with Gasteiger partial charge >= 0.3 is 0 Å². The van der Waals surface area contributed by atoms with Crippen molar-refractivity contribution < 1.29 is 13.2 Å². The molecule has 6 heteroatoms. The summed E-state index contributed by atoms with van der Waals surface area (Å²) in [6.45, 7) is 4.18. The summed E-state index contributed by atoms with van der Waals surface area (Å²) in [6, 6.07) is 23.8. The molecule has 158 valence electrons. The number of rotatable bonds is 4. The van der Waals surface area contributed by atoms with E-state index in [0.717, 1.165) is 5.56 Å². The van der Waals surface area contributed by atoms with Gasteiger partial charge in [0.25, 0.3) is 15.9 Å². The van der Waals surface area contributed by atoms with E-state index in [1.807, 2.05) is 54.6 Å². The van der Waals surface area contributed by atoms with E-state index >= 15 is 0 Å². The van der Waals surface area contributed by atoms with Crippen LogP contribution in [0.25, 0.3) is 5.57 Å². The second-order valence-electron chi connectivity index (χ2n) is 7.79. The van der Waals surface area contributed by atoms with E-state index in [1.54, 1.807) is 24.3 Å². The minimum atomic E-state index is -4.05. The van der Waals surface area contributed by atoms with Crippen LogP contribution < -0.4 is 9.62 Å².